The molecular formula is C18H18ClF2N3O3. The first-order chi connectivity index (χ1) is 13.0. The van der Waals surface area contributed by atoms with Crippen LogP contribution >= 0.6 is 11.6 Å². The first kappa shape index (κ1) is 18.2. The van der Waals surface area contributed by atoms with Gasteiger partial charge in [-0.25, -0.2) is 8.78 Å². The van der Waals surface area contributed by atoms with E-state index in [9.17, 15) is 18.4 Å². The van der Waals surface area contributed by atoms with Gasteiger partial charge in [-0.2, -0.15) is 0 Å². The number of benzene rings is 1. The van der Waals surface area contributed by atoms with Gasteiger partial charge in [0, 0.05) is 32.8 Å². The number of carbonyl (C=O) groups excluding carboxylic acids is 2. The Balaban J connectivity index is 1.48. The van der Waals surface area contributed by atoms with Crippen LogP contribution < -0.4 is 0 Å². The van der Waals surface area contributed by atoms with Crippen LogP contribution in [-0.4, -0.2) is 65.5 Å². The smallest absolute Gasteiger partial charge is 0.273 e. The van der Waals surface area contributed by atoms with Crippen molar-refractivity contribution in [3.05, 3.63) is 34.5 Å². The summed E-state index contributed by atoms with van der Waals surface area (Å²) in [6.07, 6.45) is 1.20. The molecule has 2 saturated heterocycles. The number of aromatic nitrogens is 1. The Morgan fingerprint density at radius 3 is 2.52 bits per heavy atom. The van der Waals surface area contributed by atoms with E-state index in [1.54, 1.807) is 4.90 Å². The van der Waals surface area contributed by atoms with E-state index < -0.39 is 23.6 Å². The molecule has 0 saturated carbocycles. The number of H-pyrrole nitrogens is 1. The molecule has 1 atom stereocenters. The summed E-state index contributed by atoms with van der Waals surface area (Å²) < 4.78 is 33.7. The summed E-state index contributed by atoms with van der Waals surface area (Å²) in [6.45, 7) is 1.89. The average molecular weight is 398 g/mol. The van der Waals surface area contributed by atoms with Gasteiger partial charge in [-0.15, -0.1) is 0 Å². The lowest BCUT2D eigenvalue weighted by molar-refractivity contribution is -0.142. The second-order valence-electron chi connectivity index (χ2n) is 6.72. The van der Waals surface area contributed by atoms with Crippen LogP contribution in [0, 0.1) is 11.6 Å². The Bertz CT molecular complexity index is 903. The first-order valence-electron chi connectivity index (χ1n) is 8.82. The number of nitrogens with zero attached hydrogens (tertiary/aromatic N) is 2. The number of carbonyl (C=O) groups is 2. The van der Waals surface area contributed by atoms with Crippen molar-refractivity contribution < 1.29 is 23.1 Å². The minimum Gasteiger partial charge on any atom is -0.368 e. The van der Waals surface area contributed by atoms with Gasteiger partial charge in [0.2, 0.25) is 0 Å². The second-order valence-corrected chi connectivity index (χ2v) is 7.10. The topological polar surface area (TPSA) is 65.6 Å². The number of amides is 2. The third-order valence-electron chi connectivity index (χ3n) is 5.09. The first-order valence-corrected chi connectivity index (χ1v) is 9.20. The van der Waals surface area contributed by atoms with E-state index in [0.29, 0.717) is 19.7 Å². The fourth-order valence-corrected chi connectivity index (χ4v) is 3.84. The molecule has 0 spiro atoms. The molecule has 3 heterocycles. The molecule has 27 heavy (non-hydrogen) atoms. The minimum atomic E-state index is -0.864. The second kappa shape index (κ2) is 7.09. The standard InChI is InChI=1S/C18H18ClF2N3O3/c19-14-10(20)3-4-11-13(14)15(21)16(22-11)18(26)24-7-5-23(6-8-24)17(25)12-2-1-9-27-12/h3-4,12,22H,1-2,5-9H2/t12-/m0/s1. The van der Waals surface area contributed by atoms with Crippen LogP contribution in [-0.2, 0) is 9.53 Å². The molecular weight excluding hydrogens is 380 g/mol. The zero-order valence-electron chi connectivity index (χ0n) is 14.4. The lowest BCUT2D eigenvalue weighted by Crippen LogP contribution is -2.53. The Morgan fingerprint density at radius 1 is 1.15 bits per heavy atom. The molecule has 4 rings (SSSR count). The number of nitrogens with one attached hydrogen (secondary N) is 1. The quantitative estimate of drug-likeness (QED) is 0.847. The van der Waals surface area contributed by atoms with Crippen LogP contribution in [0.4, 0.5) is 8.78 Å². The monoisotopic (exact) mass is 397 g/mol. The Kier molecular flexibility index (Phi) is 4.77. The Hall–Kier alpha value is -2.19. The largest absolute Gasteiger partial charge is 0.368 e. The molecule has 0 unspecified atom stereocenters. The fraction of sp³-hybridized carbons (Fsp3) is 0.444. The van der Waals surface area contributed by atoms with E-state index in [1.165, 1.54) is 11.0 Å². The van der Waals surface area contributed by atoms with Gasteiger partial charge in [0.05, 0.1) is 15.9 Å². The predicted octanol–water partition coefficient (Wildman–Crippen LogP) is 2.56. The molecule has 1 aromatic carbocycles. The number of fused-ring (bicyclic) bond motifs is 1. The highest BCUT2D eigenvalue weighted by Crippen LogP contribution is 2.31. The summed E-state index contributed by atoms with van der Waals surface area (Å²) in [5.41, 5.74) is 0.00542. The van der Waals surface area contributed by atoms with Crippen molar-refractivity contribution in [3.63, 3.8) is 0 Å². The molecule has 1 N–H and O–H groups in total. The molecule has 0 aliphatic carbocycles. The SMILES string of the molecule is O=C(c1[nH]c2ccc(F)c(Cl)c2c1F)N1CCN(C(=O)[C@@H]2CCCO2)CC1. The summed E-state index contributed by atoms with van der Waals surface area (Å²) in [7, 11) is 0. The third-order valence-corrected chi connectivity index (χ3v) is 5.46. The van der Waals surface area contributed by atoms with E-state index in [4.69, 9.17) is 16.3 Å². The molecule has 2 amide bonds. The van der Waals surface area contributed by atoms with Crippen LogP contribution in [0.25, 0.3) is 10.9 Å². The average Bonchev–Trinajstić information content (AvgIpc) is 3.32. The maximum Gasteiger partial charge on any atom is 0.273 e. The molecule has 9 heteroatoms. The number of aromatic amines is 1. The summed E-state index contributed by atoms with van der Waals surface area (Å²) >= 11 is 5.84. The number of rotatable bonds is 2. The van der Waals surface area contributed by atoms with Gasteiger partial charge in [0.1, 0.15) is 17.6 Å². The predicted molar refractivity (Wildman–Crippen MR) is 94.7 cm³/mol. The molecule has 2 aromatic rings. The lowest BCUT2D eigenvalue weighted by atomic mass is 10.2. The lowest BCUT2D eigenvalue weighted by Gasteiger charge is -2.35. The van der Waals surface area contributed by atoms with Crippen molar-refractivity contribution in [1.82, 2.24) is 14.8 Å². The number of halogens is 3. The van der Waals surface area contributed by atoms with Crippen LogP contribution in [0.15, 0.2) is 12.1 Å². The van der Waals surface area contributed by atoms with Crippen LogP contribution in [0.5, 0.6) is 0 Å². The van der Waals surface area contributed by atoms with E-state index >= 15 is 0 Å². The van der Waals surface area contributed by atoms with Crippen molar-refractivity contribution in [2.45, 2.75) is 18.9 Å². The van der Waals surface area contributed by atoms with E-state index in [-0.39, 0.29) is 40.6 Å². The van der Waals surface area contributed by atoms with Gasteiger partial charge < -0.3 is 19.5 Å². The Morgan fingerprint density at radius 2 is 1.85 bits per heavy atom. The van der Waals surface area contributed by atoms with Crippen molar-refractivity contribution in [2.75, 3.05) is 32.8 Å². The van der Waals surface area contributed by atoms with E-state index in [2.05, 4.69) is 4.98 Å². The maximum absolute atomic E-state index is 14.7. The van der Waals surface area contributed by atoms with Crippen molar-refractivity contribution in [3.8, 4) is 0 Å². The van der Waals surface area contributed by atoms with Gasteiger partial charge in [-0.1, -0.05) is 11.6 Å². The van der Waals surface area contributed by atoms with Crippen molar-refractivity contribution in [1.29, 1.82) is 0 Å². The summed E-state index contributed by atoms with van der Waals surface area (Å²) in [4.78, 5) is 30.9. The Labute approximate surface area is 159 Å². The number of piperazine rings is 1. The highest BCUT2D eigenvalue weighted by molar-refractivity contribution is 6.35. The number of ether oxygens (including phenoxy) is 1. The normalized spacial score (nSPS) is 20.5. The zero-order chi connectivity index (χ0) is 19.1. The highest BCUT2D eigenvalue weighted by atomic mass is 35.5. The van der Waals surface area contributed by atoms with Gasteiger partial charge in [0.15, 0.2) is 5.82 Å². The zero-order valence-corrected chi connectivity index (χ0v) is 15.2. The van der Waals surface area contributed by atoms with Crippen molar-refractivity contribution >= 4 is 34.3 Å². The minimum absolute atomic E-state index is 0.0568. The van der Waals surface area contributed by atoms with Crippen LogP contribution in [0.3, 0.4) is 0 Å². The van der Waals surface area contributed by atoms with E-state index in [0.717, 1.165) is 18.9 Å². The molecule has 144 valence electrons. The third kappa shape index (κ3) is 3.17. The number of hydrogen-bond donors (Lipinski definition) is 1. The van der Waals surface area contributed by atoms with Gasteiger partial charge in [0.25, 0.3) is 11.8 Å². The van der Waals surface area contributed by atoms with Crippen LogP contribution in [0.1, 0.15) is 23.3 Å². The molecule has 0 radical (unpaired) electrons. The molecule has 6 nitrogen and oxygen atoms in total. The molecule has 2 aliphatic heterocycles. The van der Waals surface area contributed by atoms with Gasteiger partial charge in [-0.3, -0.25) is 9.59 Å². The summed E-state index contributed by atoms with van der Waals surface area (Å²) in [6, 6.07) is 2.46. The van der Waals surface area contributed by atoms with Gasteiger partial charge >= 0.3 is 0 Å². The van der Waals surface area contributed by atoms with Crippen molar-refractivity contribution in [2.24, 2.45) is 0 Å². The summed E-state index contributed by atoms with van der Waals surface area (Å²) in [5.74, 6) is -2.21. The highest BCUT2D eigenvalue weighted by Gasteiger charge is 2.33. The van der Waals surface area contributed by atoms with Gasteiger partial charge in [-0.05, 0) is 25.0 Å². The molecule has 2 fully saturated rings. The maximum atomic E-state index is 14.7. The van der Waals surface area contributed by atoms with E-state index in [1.807, 2.05) is 0 Å². The molecule has 0 bridgehead atoms. The summed E-state index contributed by atoms with van der Waals surface area (Å²) in [5, 5.41) is -0.487. The number of hydrogen-bond acceptors (Lipinski definition) is 3. The van der Waals surface area contributed by atoms with Crippen LogP contribution in [0.2, 0.25) is 5.02 Å². The molecule has 2 aliphatic rings. The fourth-order valence-electron chi connectivity index (χ4n) is 3.60. The molecule has 1 aromatic heterocycles.